The summed E-state index contributed by atoms with van der Waals surface area (Å²) in [6.07, 6.45) is 2.81. The van der Waals surface area contributed by atoms with Crippen LogP contribution in [0.1, 0.15) is 21.6 Å². The molecule has 1 saturated heterocycles. The number of morpholine rings is 1. The molecule has 0 spiro atoms. The van der Waals surface area contributed by atoms with Gasteiger partial charge >= 0.3 is 0 Å². The summed E-state index contributed by atoms with van der Waals surface area (Å²) in [6.45, 7) is 4.65. The van der Waals surface area contributed by atoms with Gasteiger partial charge in [0.05, 0.1) is 48.2 Å². The molecule has 0 aliphatic carbocycles. The highest BCUT2D eigenvalue weighted by atomic mass is 79.9. The summed E-state index contributed by atoms with van der Waals surface area (Å²) in [7, 11) is 0. The van der Waals surface area contributed by atoms with Crippen LogP contribution >= 0.6 is 15.9 Å². The van der Waals surface area contributed by atoms with Crippen molar-refractivity contribution < 1.29 is 23.0 Å². The lowest BCUT2D eigenvalue weighted by Crippen LogP contribution is -2.36. The van der Waals surface area contributed by atoms with Crippen LogP contribution in [-0.2, 0) is 4.74 Å². The third-order valence-corrected chi connectivity index (χ3v) is 7.38. The van der Waals surface area contributed by atoms with Gasteiger partial charge in [0.1, 0.15) is 5.82 Å². The first-order valence-electron chi connectivity index (χ1n) is 12.4. The molecule has 0 atom stereocenters. The molecule has 0 bridgehead atoms. The number of fused-ring (bicyclic) bond motifs is 1. The van der Waals surface area contributed by atoms with Gasteiger partial charge < -0.3 is 25.1 Å². The van der Waals surface area contributed by atoms with E-state index >= 15 is 0 Å². The molecule has 1 aliphatic rings. The van der Waals surface area contributed by atoms with Crippen molar-refractivity contribution in [3.8, 4) is 17.3 Å². The molecular formula is C28H23BrF2N6O3. The molecule has 12 heteroatoms. The second-order valence-corrected chi connectivity index (χ2v) is 10.2. The van der Waals surface area contributed by atoms with Gasteiger partial charge in [0.25, 0.3) is 0 Å². The van der Waals surface area contributed by atoms with E-state index in [4.69, 9.17) is 15.2 Å². The van der Waals surface area contributed by atoms with Gasteiger partial charge in [0.2, 0.25) is 17.4 Å². The van der Waals surface area contributed by atoms with Crippen molar-refractivity contribution in [2.75, 3.05) is 36.9 Å². The number of aromatic nitrogens is 4. The number of anilines is 2. The fraction of sp³-hybridized carbons (Fsp3) is 0.179. The number of aryl methyl sites for hydroxylation is 1. The van der Waals surface area contributed by atoms with Crippen molar-refractivity contribution in [3.05, 3.63) is 87.8 Å². The fourth-order valence-electron chi connectivity index (χ4n) is 4.67. The molecule has 4 heterocycles. The van der Waals surface area contributed by atoms with Crippen molar-refractivity contribution in [3.63, 3.8) is 0 Å². The number of ether oxygens (including phenoxy) is 2. The highest BCUT2D eigenvalue weighted by Gasteiger charge is 2.22. The van der Waals surface area contributed by atoms with E-state index in [1.54, 1.807) is 13.0 Å². The van der Waals surface area contributed by atoms with Crippen molar-refractivity contribution >= 4 is 44.1 Å². The Labute approximate surface area is 235 Å². The number of nitrogens with two attached hydrogens (primary N) is 1. The third kappa shape index (κ3) is 4.69. The van der Waals surface area contributed by atoms with Gasteiger partial charge in [0, 0.05) is 34.5 Å². The first-order chi connectivity index (χ1) is 19.3. The lowest BCUT2D eigenvalue weighted by molar-refractivity contribution is 0.103. The van der Waals surface area contributed by atoms with E-state index in [0.29, 0.717) is 30.2 Å². The monoisotopic (exact) mass is 608 g/mol. The molecule has 1 aliphatic heterocycles. The normalized spacial score (nSPS) is 13.7. The van der Waals surface area contributed by atoms with Crippen molar-refractivity contribution in [1.29, 1.82) is 0 Å². The van der Waals surface area contributed by atoms with Crippen LogP contribution in [0.2, 0.25) is 0 Å². The Hall–Kier alpha value is -4.29. The quantitative estimate of drug-likeness (QED) is 0.243. The van der Waals surface area contributed by atoms with E-state index < -0.39 is 17.4 Å². The minimum Gasteiger partial charge on any atom is -0.433 e. The largest absolute Gasteiger partial charge is 0.433 e. The van der Waals surface area contributed by atoms with Crippen LogP contribution in [0.4, 0.5) is 20.3 Å². The zero-order valence-electron chi connectivity index (χ0n) is 21.2. The lowest BCUT2D eigenvalue weighted by atomic mass is 10.1. The number of carbonyl (C=O) groups is 1. The van der Waals surface area contributed by atoms with Gasteiger partial charge in [-0.05, 0) is 58.7 Å². The van der Waals surface area contributed by atoms with Gasteiger partial charge in [-0.3, -0.25) is 4.79 Å². The smallest absolute Gasteiger partial charge is 0.219 e. The molecule has 2 aromatic carbocycles. The Bertz CT molecular complexity index is 1740. The number of para-hydroxylation sites is 1. The second kappa shape index (κ2) is 10.4. The Morgan fingerprint density at radius 2 is 1.85 bits per heavy atom. The van der Waals surface area contributed by atoms with Crippen molar-refractivity contribution in [2.45, 2.75) is 6.92 Å². The number of hydrogen-bond acceptors (Lipinski definition) is 7. The Morgan fingerprint density at radius 1 is 1.10 bits per heavy atom. The number of benzene rings is 2. The summed E-state index contributed by atoms with van der Waals surface area (Å²) in [5, 5.41) is 5.20. The maximum absolute atomic E-state index is 14.0. The van der Waals surface area contributed by atoms with Gasteiger partial charge in [-0.15, -0.1) is 0 Å². The standard InChI is InChI=1S/C28H23BrF2N6O3/c1-15-9-25(40-27-19(30)3-2-4-20(27)31)33-14-24(15)37-28(32)17(13-34-37)26(38)22-10-16-11-23(18(29)12-21(16)35-22)36-5-7-39-8-6-36/h2-4,9-14,35H,5-8,32H2,1H3. The first kappa shape index (κ1) is 26.0. The number of halogens is 3. The number of nitrogen functional groups attached to an aromatic ring is 1. The zero-order valence-corrected chi connectivity index (χ0v) is 22.8. The lowest BCUT2D eigenvalue weighted by Gasteiger charge is -2.29. The number of aromatic amines is 1. The van der Waals surface area contributed by atoms with E-state index in [-0.39, 0.29) is 23.0 Å². The molecule has 40 heavy (non-hydrogen) atoms. The zero-order chi connectivity index (χ0) is 28.0. The van der Waals surface area contributed by atoms with Gasteiger partial charge in [-0.25, -0.2) is 18.4 Å². The number of H-pyrrole nitrogens is 1. The summed E-state index contributed by atoms with van der Waals surface area (Å²) < 4.78 is 41.1. The molecule has 0 radical (unpaired) electrons. The molecule has 3 aromatic heterocycles. The minimum atomic E-state index is -0.843. The molecule has 0 unspecified atom stereocenters. The number of rotatable bonds is 6. The Balaban J connectivity index is 1.27. The average Bonchev–Trinajstić information content (AvgIpc) is 3.53. The maximum atomic E-state index is 14.0. The molecule has 9 nitrogen and oxygen atoms in total. The van der Waals surface area contributed by atoms with Crippen molar-refractivity contribution in [1.82, 2.24) is 19.7 Å². The second-order valence-electron chi connectivity index (χ2n) is 9.32. The van der Waals surface area contributed by atoms with Crippen molar-refractivity contribution in [2.24, 2.45) is 0 Å². The van der Waals surface area contributed by atoms with Crippen LogP contribution in [0.3, 0.4) is 0 Å². The van der Waals surface area contributed by atoms with E-state index in [2.05, 4.69) is 35.9 Å². The number of pyridine rings is 1. The summed E-state index contributed by atoms with van der Waals surface area (Å²) in [5.74, 6) is -2.43. The SMILES string of the molecule is Cc1cc(Oc2c(F)cccc2F)ncc1-n1ncc(C(=O)c2cc3cc(N4CCOCC4)c(Br)cc3[nH]2)c1N. The first-order valence-corrected chi connectivity index (χ1v) is 13.2. The van der Waals surface area contributed by atoms with E-state index in [1.165, 1.54) is 29.2 Å². The highest BCUT2D eigenvalue weighted by Crippen LogP contribution is 2.33. The van der Waals surface area contributed by atoms with Crippen LogP contribution in [0.15, 0.2) is 59.3 Å². The van der Waals surface area contributed by atoms with E-state index in [0.717, 1.165) is 46.3 Å². The van der Waals surface area contributed by atoms with Crippen LogP contribution in [0, 0.1) is 18.6 Å². The topological polar surface area (TPSA) is 111 Å². The Morgan fingerprint density at radius 3 is 2.58 bits per heavy atom. The van der Waals surface area contributed by atoms with Crippen LogP contribution in [0.5, 0.6) is 11.6 Å². The molecule has 1 fully saturated rings. The van der Waals surface area contributed by atoms with E-state index in [9.17, 15) is 13.6 Å². The molecule has 5 aromatic rings. The number of ketones is 1. The summed E-state index contributed by atoms with van der Waals surface area (Å²) in [5.41, 5.74) is 9.89. The number of nitrogens with one attached hydrogen (secondary N) is 1. The van der Waals surface area contributed by atoms with E-state index in [1.807, 2.05) is 12.1 Å². The predicted molar refractivity (Wildman–Crippen MR) is 149 cm³/mol. The highest BCUT2D eigenvalue weighted by molar-refractivity contribution is 9.10. The predicted octanol–water partition coefficient (Wildman–Crippen LogP) is 5.54. The molecule has 6 rings (SSSR count). The van der Waals surface area contributed by atoms with Gasteiger partial charge in [-0.1, -0.05) is 6.07 Å². The van der Waals surface area contributed by atoms with Crippen LogP contribution in [-0.4, -0.2) is 51.8 Å². The van der Waals surface area contributed by atoms with Crippen LogP contribution in [0.25, 0.3) is 16.6 Å². The number of nitrogens with zero attached hydrogens (tertiary/aromatic N) is 4. The third-order valence-electron chi connectivity index (χ3n) is 6.75. The molecule has 3 N–H and O–H groups in total. The van der Waals surface area contributed by atoms with Crippen LogP contribution < -0.4 is 15.4 Å². The molecule has 0 amide bonds. The maximum Gasteiger partial charge on any atom is 0.219 e. The molecular weight excluding hydrogens is 586 g/mol. The average molecular weight is 609 g/mol. The fourth-order valence-corrected chi connectivity index (χ4v) is 5.26. The van der Waals surface area contributed by atoms with Gasteiger partial charge in [0.15, 0.2) is 11.6 Å². The number of hydrogen-bond donors (Lipinski definition) is 2. The van der Waals surface area contributed by atoms with Gasteiger partial charge in [-0.2, -0.15) is 5.10 Å². The minimum absolute atomic E-state index is 0.00652. The number of carbonyl (C=O) groups excluding carboxylic acids is 1. The molecule has 0 saturated carbocycles. The molecule has 204 valence electrons. The summed E-state index contributed by atoms with van der Waals surface area (Å²) in [4.78, 5) is 23.0. The summed E-state index contributed by atoms with van der Waals surface area (Å²) in [6, 6.07) is 10.7. The Kier molecular flexibility index (Phi) is 6.72. The summed E-state index contributed by atoms with van der Waals surface area (Å²) >= 11 is 3.65.